The minimum Gasteiger partial charge on any atom is -0.346 e. The van der Waals surface area contributed by atoms with Gasteiger partial charge >= 0.3 is 6.18 Å². The van der Waals surface area contributed by atoms with Gasteiger partial charge in [0, 0.05) is 0 Å². The zero-order chi connectivity index (χ0) is 16.7. The van der Waals surface area contributed by atoms with E-state index in [1.165, 1.54) is 10.6 Å². The molecule has 0 saturated heterocycles. The van der Waals surface area contributed by atoms with Crippen LogP contribution in [0.25, 0.3) is 11.0 Å². The van der Waals surface area contributed by atoms with Crippen LogP contribution in [0.3, 0.4) is 0 Å². The average molecular weight is 317 g/mol. The molecule has 0 bridgehead atoms. The van der Waals surface area contributed by atoms with Crippen LogP contribution < -0.4 is 5.32 Å². The number of nitrogens with one attached hydrogen (secondary N) is 1. The molecular weight excluding hydrogens is 305 g/mol. The van der Waals surface area contributed by atoms with Crippen molar-refractivity contribution in [3.8, 4) is 12.3 Å². The molecule has 8 heteroatoms. The van der Waals surface area contributed by atoms with E-state index in [9.17, 15) is 22.0 Å². The monoisotopic (exact) mass is 317 g/mol. The summed E-state index contributed by atoms with van der Waals surface area (Å²) in [6.07, 6.45) is 0.898. The highest BCUT2D eigenvalue weighted by molar-refractivity contribution is 5.80. The summed E-state index contributed by atoms with van der Waals surface area (Å²) in [7, 11) is 0. The fourth-order valence-electron chi connectivity index (χ4n) is 2.01. The van der Waals surface area contributed by atoms with Gasteiger partial charge in [-0.1, -0.05) is 5.92 Å². The first-order chi connectivity index (χ1) is 10.1. The number of alkyl halides is 3. The third-order valence-corrected chi connectivity index (χ3v) is 3.08. The second-order valence-corrected chi connectivity index (χ2v) is 5.17. The van der Waals surface area contributed by atoms with E-state index in [4.69, 9.17) is 6.42 Å². The molecule has 1 heterocycles. The summed E-state index contributed by atoms with van der Waals surface area (Å²) in [5.74, 6) is -0.263. The number of nitrogens with zero attached hydrogens (tertiary/aromatic N) is 2. The van der Waals surface area contributed by atoms with Gasteiger partial charge in [-0.25, -0.2) is 13.8 Å². The second kappa shape index (κ2) is 5.16. The molecule has 3 nitrogen and oxygen atoms in total. The maximum Gasteiger partial charge on any atom is 0.405 e. The molecule has 0 aliphatic rings. The zero-order valence-corrected chi connectivity index (χ0v) is 11.7. The van der Waals surface area contributed by atoms with E-state index >= 15 is 0 Å². The summed E-state index contributed by atoms with van der Waals surface area (Å²) in [6, 6.07) is 2.09. The molecule has 0 atom stereocenters. The lowest BCUT2D eigenvalue weighted by atomic mass is 10.1. The molecule has 22 heavy (non-hydrogen) atoms. The lowest BCUT2D eigenvalue weighted by Gasteiger charge is -2.24. The number of benzene rings is 1. The van der Waals surface area contributed by atoms with Gasteiger partial charge in [-0.05, 0) is 26.0 Å². The van der Waals surface area contributed by atoms with Crippen molar-refractivity contribution in [2.24, 2.45) is 0 Å². The number of halogens is 5. The molecule has 2 rings (SSSR count). The number of hydrogen-bond donors (Lipinski definition) is 1. The van der Waals surface area contributed by atoms with Crippen LogP contribution in [0.5, 0.6) is 0 Å². The molecule has 0 aliphatic heterocycles. The highest BCUT2D eigenvalue weighted by Crippen LogP contribution is 2.30. The Balaban J connectivity index is 2.66. The van der Waals surface area contributed by atoms with Crippen molar-refractivity contribution in [1.82, 2.24) is 9.55 Å². The molecule has 1 aromatic carbocycles. The largest absolute Gasteiger partial charge is 0.405 e. The third kappa shape index (κ3) is 2.84. The zero-order valence-electron chi connectivity index (χ0n) is 11.7. The van der Waals surface area contributed by atoms with Gasteiger partial charge in [0.25, 0.3) is 0 Å². The van der Waals surface area contributed by atoms with E-state index in [0.29, 0.717) is 0 Å². The standard InChI is InChI=1S/C14H12F5N3/c1-4-13(2,3)22-9-6-5-8(15)10(16)11(9)21-12(22)20-7-14(17,18)19/h1,5-6H,7H2,2-3H3,(H,20,21). The Labute approximate surface area is 123 Å². The molecule has 1 aromatic heterocycles. The highest BCUT2D eigenvalue weighted by Gasteiger charge is 2.31. The normalized spacial score (nSPS) is 12.5. The van der Waals surface area contributed by atoms with Gasteiger partial charge in [0.1, 0.15) is 17.6 Å². The maximum atomic E-state index is 13.8. The Morgan fingerprint density at radius 1 is 1.27 bits per heavy atom. The molecule has 0 radical (unpaired) electrons. The Bertz CT molecular complexity index is 752. The van der Waals surface area contributed by atoms with Crippen molar-refractivity contribution in [2.75, 3.05) is 11.9 Å². The van der Waals surface area contributed by atoms with E-state index in [-0.39, 0.29) is 17.0 Å². The second-order valence-electron chi connectivity index (χ2n) is 5.17. The number of aromatic nitrogens is 2. The number of rotatable bonds is 3. The van der Waals surface area contributed by atoms with Crippen LogP contribution in [0.2, 0.25) is 0 Å². The Hall–Kier alpha value is -2.30. The molecule has 0 unspecified atom stereocenters. The first-order valence-electron chi connectivity index (χ1n) is 6.22. The maximum absolute atomic E-state index is 13.8. The summed E-state index contributed by atoms with van der Waals surface area (Å²) < 4.78 is 65.4. The topological polar surface area (TPSA) is 29.9 Å². The van der Waals surface area contributed by atoms with Crippen LogP contribution in [0.1, 0.15) is 13.8 Å². The van der Waals surface area contributed by atoms with Crippen molar-refractivity contribution in [3.05, 3.63) is 23.8 Å². The fourth-order valence-corrected chi connectivity index (χ4v) is 2.01. The van der Waals surface area contributed by atoms with Gasteiger partial charge in [-0.3, -0.25) is 4.57 Å². The van der Waals surface area contributed by atoms with Crippen LogP contribution in [-0.4, -0.2) is 22.3 Å². The highest BCUT2D eigenvalue weighted by atomic mass is 19.4. The summed E-state index contributed by atoms with van der Waals surface area (Å²) in [5, 5.41) is 2.07. The first-order valence-corrected chi connectivity index (χ1v) is 6.22. The molecule has 0 amide bonds. The minimum absolute atomic E-state index is 0.103. The predicted octanol–water partition coefficient (Wildman–Crippen LogP) is 3.66. The van der Waals surface area contributed by atoms with Crippen LogP contribution >= 0.6 is 0 Å². The van der Waals surface area contributed by atoms with Gasteiger partial charge < -0.3 is 5.32 Å². The molecule has 0 aliphatic carbocycles. The Kier molecular flexibility index (Phi) is 3.77. The number of fused-ring (bicyclic) bond motifs is 1. The van der Waals surface area contributed by atoms with Gasteiger partial charge in [-0.15, -0.1) is 6.42 Å². The van der Waals surface area contributed by atoms with Crippen molar-refractivity contribution in [2.45, 2.75) is 25.6 Å². The number of anilines is 1. The summed E-state index contributed by atoms with van der Waals surface area (Å²) >= 11 is 0. The summed E-state index contributed by atoms with van der Waals surface area (Å²) in [5.41, 5.74) is -1.37. The van der Waals surface area contributed by atoms with Crippen molar-refractivity contribution in [1.29, 1.82) is 0 Å². The van der Waals surface area contributed by atoms with Crippen LogP contribution in [0.4, 0.5) is 27.9 Å². The summed E-state index contributed by atoms with van der Waals surface area (Å²) in [6.45, 7) is 1.73. The smallest absolute Gasteiger partial charge is 0.346 e. The predicted molar refractivity (Wildman–Crippen MR) is 72.3 cm³/mol. The van der Waals surface area contributed by atoms with Crippen LogP contribution in [0, 0.1) is 24.0 Å². The Morgan fingerprint density at radius 3 is 2.45 bits per heavy atom. The molecule has 2 aromatic rings. The quantitative estimate of drug-likeness (QED) is 0.692. The minimum atomic E-state index is -4.49. The van der Waals surface area contributed by atoms with Gasteiger partial charge in [0.15, 0.2) is 11.6 Å². The van der Waals surface area contributed by atoms with Gasteiger partial charge in [0.2, 0.25) is 5.95 Å². The molecular formula is C14H12F5N3. The van der Waals surface area contributed by atoms with E-state index < -0.39 is 29.9 Å². The van der Waals surface area contributed by atoms with Gasteiger partial charge in [0.05, 0.1) is 5.52 Å². The average Bonchev–Trinajstić information content (AvgIpc) is 2.80. The van der Waals surface area contributed by atoms with Crippen molar-refractivity contribution >= 4 is 17.0 Å². The third-order valence-electron chi connectivity index (χ3n) is 3.08. The molecule has 1 N–H and O–H groups in total. The first kappa shape index (κ1) is 16.1. The van der Waals surface area contributed by atoms with E-state index in [1.807, 2.05) is 0 Å². The number of hydrogen-bond acceptors (Lipinski definition) is 2. The van der Waals surface area contributed by atoms with Crippen LogP contribution in [0.15, 0.2) is 12.1 Å². The summed E-state index contributed by atoms with van der Waals surface area (Å²) in [4.78, 5) is 3.73. The molecule has 0 spiro atoms. The van der Waals surface area contributed by atoms with E-state index in [2.05, 4.69) is 16.2 Å². The van der Waals surface area contributed by atoms with E-state index in [1.54, 1.807) is 13.8 Å². The number of imidazole rings is 1. The lowest BCUT2D eigenvalue weighted by molar-refractivity contribution is -0.115. The molecule has 0 fully saturated rings. The molecule has 118 valence electrons. The van der Waals surface area contributed by atoms with E-state index in [0.717, 1.165) is 6.07 Å². The fraction of sp³-hybridized carbons (Fsp3) is 0.357. The van der Waals surface area contributed by atoms with Crippen LogP contribution in [-0.2, 0) is 5.54 Å². The van der Waals surface area contributed by atoms with Gasteiger partial charge in [-0.2, -0.15) is 13.2 Å². The van der Waals surface area contributed by atoms with Crippen molar-refractivity contribution < 1.29 is 22.0 Å². The number of terminal acetylenes is 1. The Morgan fingerprint density at radius 2 is 1.91 bits per heavy atom. The molecule has 0 saturated carbocycles. The lowest BCUT2D eigenvalue weighted by Crippen LogP contribution is -2.29. The van der Waals surface area contributed by atoms with Crippen molar-refractivity contribution in [3.63, 3.8) is 0 Å². The SMILES string of the molecule is C#CC(C)(C)n1c(NCC(F)(F)F)nc2c(F)c(F)ccc21.